The lowest BCUT2D eigenvalue weighted by Gasteiger charge is -2.06. The van der Waals surface area contributed by atoms with Crippen LogP contribution >= 0.6 is 0 Å². The number of aromatic hydroxyl groups is 1. The van der Waals surface area contributed by atoms with Gasteiger partial charge in [0.05, 0.1) is 6.33 Å². The highest BCUT2D eigenvalue weighted by atomic mass is 16.3. The molecule has 70 valence electrons. The second-order valence-electron chi connectivity index (χ2n) is 2.96. The van der Waals surface area contributed by atoms with Gasteiger partial charge < -0.3 is 9.67 Å². The van der Waals surface area contributed by atoms with E-state index in [2.05, 4.69) is 11.6 Å². The molecule has 0 aliphatic heterocycles. The third-order valence-electron chi connectivity index (χ3n) is 2.02. The Morgan fingerprint density at radius 3 is 2.57 bits per heavy atom. The third-order valence-corrected chi connectivity index (χ3v) is 2.02. The van der Waals surface area contributed by atoms with Crippen molar-refractivity contribution in [3.05, 3.63) is 55.1 Å². The van der Waals surface area contributed by atoms with Crippen LogP contribution in [0.3, 0.4) is 0 Å². The second kappa shape index (κ2) is 3.38. The first-order chi connectivity index (χ1) is 6.77. The van der Waals surface area contributed by atoms with Crippen LogP contribution in [-0.4, -0.2) is 14.7 Å². The van der Waals surface area contributed by atoms with Crippen molar-refractivity contribution in [2.24, 2.45) is 0 Å². The van der Waals surface area contributed by atoms with Crippen molar-refractivity contribution < 1.29 is 5.11 Å². The van der Waals surface area contributed by atoms with E-state index in [4.69, 9.17) is 5.11 Å². The molecule has 3 heteroatoms. The van der Waals surface area contributed by atoms with Crippen LogP contribution in [0.5, 0.6) is 5.75 Å². The van der Waals surface area contributed by atoms with Crippen LogP contribution < -0.4 is 0 Å². The maximum Gasteiger partial charge on any atom is 0.115 e. The van der Waals surface area contributed by atoms with Crippen molar-refractivity contribution in [1.82, 2.24) is 9.55 Å². The Morgan fingerprint density at radius 2 is 2.00 bits per heavy atom. The zero-order chi connectivity index (χ0) is 9.97. The number of hydrogen-bond donors (Lipinski definition) is 1. The van der Waals surface area contributed by atoms with Gasteiger partial charge in [-0.15, -0.1) is 0 Å². The molecule has 0 amide bonds. The van der Waals surface area contributed by atoms with Crippen molar-refractivity contribution in [3.8, 4) is 5.75 Å². The molecule has 1 N–H and O–H groups in total. The van der Waals surface area contributed by atoms with Crippen molar-refractivity contribution in [2.75, 3.05) is 0 Å². The molecule has 0 atom stereocenters. The Labute approximate surface area is 82.0 Å². The maximum atomic E-state index is 9.12. The molecule has 0 saturated heterocycles. The van der Waals surface area contributed by atoms with E-state index in [-0.39, 0.29) is 5.75 Å². The fraction of sp³-hybridized carbons (Fsp3) is 0. The standard InChI is InChI=1S/C11H10N2O/c1-9(13-7-6-12-8-13)10-2-4-11(14)5-3-10/h2-8,14H,1H2. The molecule has 0 saturated carbocycles. The Morgan fingerprint density at radius 1 is 1.29 bits per heavy atom. The molecule has 1 aromatic carbocycles. The molecule has 0 radical (unpaired) electrons. The lowest BCUT2D eigenvalue weighted by molar-refractivity contribution is 0.475. The Bertz CT molecular complexity index is 429. The van der Waals surface area contributed by atoms with Gasteiger partial charge in [-0.1, -0.05) is 6.58 Å². The summed E-state index contributed by atoms with van der Waals surface area (Å²) in [7, 11) is 0. The van der Waals surface area contributed by atoms with Gasteiger partial charge in [-0.3, -0.25) is 0 Å². The van der Waals surface area contributed by atoms with Crippen molar-refractivity contribution in [3.63, 3.8) is 0 Å². The molecule has 1 aromatic heterocycles. The smallest absolute Gasteiger partial charge is 0.115 e. The fourth-order valence-electron chi connectivity index (χ4n) is 1.22. The Balaban J connectivity index is 2.33. The largest absolute Gasteiger partial charge is 0.508 e. The van der Waals surface area contributed by atoms with E-state index in [1.165, 1.54) is 0 Å². The SMILES string of the molecule is C=C(c1ccc(O)cc1)n1ccnc1. The summed E-state index contributed by atoms with van der Waals surface area (Å²) < 4.78 is 1.83. The van der Waals surface area contributed by atoms with Gasteiger partial charge in [-0.2, -0.15) is 0 Å². The number of benzene rings is 1. The average molecular weight is 186 g/mol. The molecule has 3 nitrogen and oxygen atoms in total. The number of imidazole rings is 1. The summed E-state index contributed by atoms with van der Waals surface area (Å²) >= 11 is 0. The van der Waals surface area contributed by atoms with Gasteiger partial charge >= 0.3 is 0 Å². The topological polar surface area (TPSA) is 38.0 Å². The maximum absolute atomic E-state index is 9.12. The van der Waals surface area contributed by atoms with Crippen LogP contribution in [0.4, 0.5) is 0 Å². The number of phenolic OH excluding ortho intramolecular Hbond substituents is 1. The number of hydrogen-bond acceptors (Lipinski definition) is 2. The molecule has 2 rings (SSSR count). The zero-order valence-corrected chi connectivity index (χ0v) is 7.59. The third kappa shape index (κ3) is 1.52. The van der Waals surface area contributed by atoms with E-state index >= 15 is 0 Å². The van der Waals surface area contributed by atoms with Crippen LogP contribution in [0.2, 0.25) is 0 Å². The molecule has 14 heavy (non-hydrogen) atoms. The van der Waals surface area contributed by atoms with Gasteiger partial charge in [0.1, 0.15) is 5.75 Å². The van der Waals surface area contributed by atoms with E-state index in [0.717, 1.165) is 11.3 Å². The fourth-order valence-corrected chi connectivity index (χ4v) is 1.22. The highest BCUT2D eigenvalue weighted by Gasteiger charge is 1.99. The first kappa shape index (κ1) is 8.56. The molecule has 0 fully saturated rings. The van der Waals surface area contributed by atoms with Crippen molar-refractivity contribution in [1.29, 1.82) is 0 Å². The predicted molar refractivity (Wildman–Crippen MR) is 54.8 cm³/mol. The summed E-state index contributed by atoms with van der Waals surface area (Å²) in [5, 5.41) is 9.12. The minimum Gasteiger partial charge on any atom is -0.508 e. The summed E-state index contributed by atoms with van der Waals surface area (Å²) in [6, 6.07) is 6.91. The van der Waals surface area contributed by atoms with Gasteiger partial charge in [0.25, 0.3) is 0 Å². The monoisotopic (exact) mass is 186 g/mol. The van der Waals surface area contributed by atoms with Crippen LogP contribution in [0.1, 0.15) is 5.56 Å². The zero-order valence-electron chi connectivity index (χ0n) is 7.59. The first-order valence-electron chi connectivity index (χ1n) is 4.24. The van der Waals surface area contributed by atoms with Gasteiger partial charge in [0.15, 0.2) is 0 Å². The van der Waals surface area contributed by atoms with E-state index < -0.39 is 0 Å². The van der Waals surface area contributed by atoms with Crippen molar-refractivity contribution in [2.45, 2.75) is 0 Å². The summed E-state index contributed by atoms with van der Waals surface area (Å²) in [5.74, 6) is 0.257. The molecular weight excluding hydrogens is 176 g/mol. The van der Waals surface area contributed by atoms with Gasteiger partial charge in [0, 0.05) is 18.1 Å². The average Bonchev–Trinajstić information content (AvgIpc) is 2.71. The minimum absolute atomic E-state index is 0.257. The Kier molecular flexibility index (Phi) is 2.07. The molecular formula is C11H10N2O. The highest BCUT2D eigenvalue weighted by Crippen LogP contribution is 2.17. The number of rotatable bonds is 2. The van der Waals surface area contributed by atoms with E-state index in [9.17, 15) is 0 Å². The molecule has 0 spiro atoms. The summed E-state index contributed by atoms with van der Waals surface area (Å²) in [5.41, 5.74) is 1.79. The van der Waals surface area contributed by atoms with Crippen LogP contribution in [0.15, 0.2) is 49.6 Å². The number of phenols is 1. The molecule has 0 aliphatic rings. The summed E-state index contributed by atoms with van der Waals surface area (Å²) in [6.45, 7) is 3.94. The van der Waals surface area contributed by atoms with E-state index in [0.29, 0.717) is 0 Å². The highest BCUT2D eigenvalue weighted by molar-refractivity contribution is 5.63. The van der Waals surface area contributed by atoms with Crippen LogP contribution in [-0.2, 0) is 0 Å². The molecule has 0 bridgehead atoms. The number of nitrogens with zero attached hydrogens (tertiary/aromatic N) is 2. The molecule has 2 aromatic rings. The Hall–Kier alpha value is -2.03. The first-order valence-corrected chi connectivity index (χ1v) is 4.24. The minimum atomic E-state index is 0.257. The molecule has 0 aliphatic carbocycles. The quantitative estimate of drug-likeness (QED) is 0.780. The van der Waals surface area contributed by atoms with Gasteiger partial charge in [-0.05, 0) is 29.8 Å². The van der Waals surface area contributed by atoms with E-state index in [1.807, 2.05) is 22.9 Å². The normalized spacial score (nSPS) is 10.0. The van der Waals surface area contributed by atoms with Crippen molar-refractivity contribution >= 4 is 5.70 Å². The molecule has 0 unspecified atom stereocenters. The molecule has 1 heterocycles. The second-order valence-corrected chi connectivity index (χ2v) is 2.96. The lowest BCUT2D eigenvalue weighted by Crippen LogP contribution is -1.93. The predicted octanol–water partition coefficient (Wildman–Crippen LogP) is 2.11. The van der Waals surface area contributed by atoms with E-state index in [1.54, 1.807) is 24.7 Å². The van der Waals surface area contributed by atoms with Gasteiger partial charge in [-0.25, -0.2) is 4.98 Å². The van der Waals surface area contributed by atoms with Crippen LogP contribution in [0.25, 0.3) is 5.70 Å². The number of aromatic nitrogens is 2. The summed E-state index contributed by atoms with van der Waals surface area (Å²) in [6.07, 6.45) is 5.22. The lowest BCUT2D eigenvalue weighted by atomic mass is 10.1. The van der Waals surface area contributed by atoms with Crippen LogP contribution in [0, 0.1) is 0 Å². The van der Waals surface area contributed by atoms with Gasteiger partial charge in [0.2, 0.25) is 0 Å². The summed E-state index contributed by atoms with van der Waals surface area (Å²) in [4.78, 5) is 3.94.